The summed E-state index contributed by atoms with van der Waals surface area (Å²) in [5.74, 6) is 0.697. The molecule has 0 aromatic heterocycles. The van der Waals surface area contributed by atoms with E-state index in [1.54, 1.807) is 0 Å². The normalized spacial score (nSPS) is 12.4. The highest BCUT2D eigenvalue weighted by atomic mass is 31.0. The molecule has 0 nitrogen and oxygen atoms in total. The first-order valence-corrected chi connectivity index (χ1v) is 13.9. The Morgan fingerprint density at radius 3 is 1.69 bits per heavy atom. The predicted molar refractivity (Wildman–Crippen MR) is 159 cm³/mol. The first kappa shape index (κ1) is 27.7. The molecule has 0 aliphatic carbocycles. The first-order valence-electron chi connectivity index (χ1n) is 13.3. The fraction of sp³-hybridized carbons (Fsp3) is 0.471. The maximum atomic E-state index is 2.96. The van der Waals surface area contributed by atoms with Gasteiger partial charge in [-0.2, -0.15) is 0 Å². The van der Waals surface area contributed by atoms with Crippen molar-refractivity contribution in [1.29, 1.82) is 0 Å². The molecular formula is C34H47P. The summed E-state index contributed by atoms with van der Waals surface area (Å²) >= 11 is 0. The van der Waals surface area contributed by atoms with Crippen LogP contribution < -0.4 is 0 Å². The van der Waals surface area contributed by atoms with Crippen LogP contribution in [0.4, 0.5) is 0 Å². The molecule has 3 rings (SSSR count). The molecule has 0 heterocycles. The maximum absolute atomic E-state index is 2.96. The fourth-order valence-electron chi connectivity index (χ4n) is 5.91. The van der Waals surface area contributed by atoms with Crippen LogP contribution in [0.25, 0.3) is 0 Å². The smallest absolute Gasteiger partial charge is 0.00204 e. The van der Waals surface area contributed by atoms with Gasteiger partial charge < -0.3 is 0 Å². The molecule has 0 spiro atoms. The van der Waals surface area contributed by atoms with E-state index in [4.69, 9.17) is 0 Å². The molecule has 0 aliphatic rings. The monoisotopic (exact) mass is 486 g/mol. The molecule has 0 fully saturated rings. The summed E-state index contributed by atoms with van der Waals surface area (Å²) in [6, 6.07) is 21.0. The molecule has 0 aliphatic heterocycles. The summed E-state index contributed by atoms with van der Waals surface area (Å²) in [5, 5.41) is 0.237. The molecule has 0 amide bonds. The number of aryl methyl sites for hydroxylation is 2. The minimum atomic E-state index is 0.0738. The average molecular weight is 487 g/mol. The second-order valence-electron chi connectivity index (χ2n) is 12.6. The van der Waals surface area contributed by atoms with E-state index < -0.39 is 0 Å². The van der Waals surface area contributed by atoms with E-state index in [-0.39, 0.29) is 10.6 Å². The maximum Gasteiger partial charge on any atom is -0.00204 e. The third-order valence-electron chi connectivity index (χ3n) is 7.18. The zero-order valence-electron chi connectivity index (χ0n) is 23.7. The first-order chi connectivity index (χ1) is 16.2. The van der Waals surface area contributed by atoms with Gasteiger partial charge in [-0.25, -0.2) is 0 Å². The minimum Gasteiger partial charge on any atom is -0.131 e. The molecule has 0 N–H and O–H groups in total. The van der Waals surface area contributed by atoms with Gasteiger partial charge in [0.1, 0.15) is 0 Å². The summed E-state index contributed by atoms with van der Waals surface area (Å²) in [6.45, 7) is 20.9. The molecule has 0 bridgehead atoms. The molecule has 188 valence electrons. The van der Waals surface area contributed by atoms with E-state index in [1.807, 2.05) is 0 Å². The van der Waals surface area contributed by atoms with Crippen molar-refractivity contribution in [3.05, 3.63) is 105 Å². The number of hydrogen-bond acceptors (Lipinski definition) is 0. The van der Waals surface area contributed by atoms with Gasteiger partial charge in [0.2, 0.25) is 0 Å². The van der Waals surface area contributed by atoms with Crippen molar-refractivity contribution in [2.24, 2.45) is 5.92 Å². The van der Waals surface area contributed by atoms with Crippen molar-refractivity contribution in [2.45, 2.75) is 98.6 Å². The van der Waals surface area contributed by atoms with Crippen molar-refractivity contribution in [2.75, 3.05) is 0 Å². The van der Waals surface area contributed by atoms with Crippen molar-refractivity contribution in [3.63, 3.8) is 0 Å². The Bertz CT molecular complexity index is 1120. The summed E-state index contributed by atoms with van der Waals surface area (Å²) in [4.78, 5) is 0. The van der Waals surface area contributed by atoms with Gasteiger partial charge in [-0.3, -0.25) is 0 Å². The molecule has 35 heavy (non-hydrogen) atoms. The third-order valence-corrected chi connectivity index (χ3v) is 7.39. The van der Waals surface area contributed by atoms with E-state index >= 15 is 0 Å². The van der Waals surface area contributed by atoms with Gasteiger partial charge in [-0.15, -0.1) is 9.24 Å². The third kappa shape index (κ3) is 7.54. The molecule has 1 atom stereocenters. The highest BCUT2D eigenvalue weighted by Crippen LogP contribution is 2.36. The van der Waals surface area contributed by atoms with Crippen LogP contribution in [0.15, 0.2) is 54.6 Å². The zero-order chi connectivity index (χ0) is 26.0. The van der Waals surface area contributed by atoms with E-state index in [9.17, 15) is 0 Å². The van der Waals surface area contributed by atoms with Crippen molar-refractivity contribution in [3.8, 4) is 0 Å². The fourth-order valence-corrected chi connectivity index (χ4v) is 6.14. The van der Waals surface area contributed by atoms with E-state index in [0.29, 0.717) is 5.92 Å². The highest BCUT2D eigenvalue weighted by Gasteiger charge is 2.27. The molecule has 0 radical (unpaired) electrons. The molecule has 0 saturated heterocycles. The van der Waals surface area contributed by atoms with E-state index in [2.05, 4.69) is 126 Å². The van der Waals surface area contributed by atoms with Gasteiger partial charge in [-0.1, -0.05) is 96.1 Å². The van der Waals surface area contributed by atoms with Crippen LogP contribution in [0.3, 0.4) is 0 Å². The number of benzene rings is 3. The van der Waals surface area contributed by atoms with Crippen LogP contribution in [0.5, 0.6) is 0 Å². The molecule has 1 unspecified atom stereocenters. The summed E-state index contributed by atoms with van der Waals surface area (Å²) < 4.78 is 0. The Hall–Kier alpha value is -1.91. The van der Waals surface area contributed by atoms with Crippen molar-refractivity contribution < 1.29 is 0 Å². The van der Waals surface area contributed by atoms with Gasteiger partial charge in [0.15, 0.2) is 0 Å². The zero-order valence-corrected chi connectivity index (χ0v) is 24.8. The number of rotatable bonds is 9. The lowest BCUT2D eigenvalue weighted by molar-refractivity contribution is 0.515. The summed E-state index contributed by atoms with van der Waals surface area (Å²) in [5.41, 5.74) is 13.1. The van der Waals surface area contributed by atoms with E-state index in [0.717, 1.165) is 25.7 Å². The number of hydrogen-bond donors (Lipinski definition) is 0. The molecule has 0 saturated carbocycles. The molecule has 3 aromatic carbocycles. The van der Waals surface area contributed by atoms with Gasteiger partial charge in [0.05, 0.1) is 0 Å². The minimum absolute atomic E-state index is 0.0738. The SMILES string of the molecule is Cc1cc(C)c(C(C)(C)Cc2ccc(CC(C)C)cc2)c(C)c1Cc1ccc(CC(C)(C)P)cc1. The summed E-state index contributed by atoms with van der Waals surface area (Å²) in [6.07, 6.45) is 4.28. The largest absolute Gasteiger partial charge is 0.131 e. The van der Waals surface area contributed by atoms with Crippen molar-refractivity contribution in [1.82, 2.24) is 0 Å². The summed E-state index contributed by atoms with van der Waals surface area (Å²) in [7, 11) is 2.96. The Morgan fingerprint density at radius 2 is 1.17 bits per heavy atom. The van der Waals surface area contributed by atoms with Crippen molar-refractivity contribution >= 4 is 9.24 Å². The van der Waals surface area contributed by atoms with Crippen LogP contribution >= 0.6 is 9.24 Å². The highest BCUT2D eigenvalue weighted by molar-refractivity contribution is 7.18. The lowest BCUT2D eigenvalue weighted by Crippen LogP contribution is -2.24. The van der Waals surface area contributed by atoms with Crippen LogP contribution in [0.2, 0.25) is 0 Å². The topological polar surface area (TPSA) is 0 Å². The average Bonchev–Trinajstić information content (AvgIpc) is 2.71. The Balaban J connectivity index is 1.87. The van der Waals surface area contributed by atoms with Gasteiger partial charge >= 0.3 is 0 Å². The molecular weight excluding hydrogens is 439 g/mol. The Kier molecular flexibility index (Phi) is 8.70. The second-order valence-corrected chi connectivity index (χ2v) is 14.2. The molecule has 1 heteroatoms. The van der Waals surface area contributed by atoms with Crippen LogP contribution in [0, 0.1) is 26.7 Å². The van der Waals surface area contributed by atoms with Crippen LogP contribution in [-0.4, -0.2) is 5.16 Å². The molecule has 3 aromatic rings. The lowest BCUT2D eigenvalue weighted by atomic mass is 9.73. The Labute approximate surface area is 218 Å². The predicted octanol–water partition coefficient (Wildman–Crippen LogP) is 9.12. The standard InChI is InChI=1S/C34H47P/c1-23(2)18-27-10-14-29(15-11-27)21-33(6,7)32-25(4)19-24(3)31(26(32)5)20-28-12-16-30(17-13-28)22-34(8,9)35/h10-17,19,23H,18,20-22,35H2,1-9H3. The van der Waals surface area contributed by atoms with E-state index in [1.165, 1.54) is 50.1 Å². The van der Waals surface area contributed by atoms with Crippen LogP contribution in [0.1, 0.15) is 91.6 Å². The quantitative estimate of drug-likeness (QED) is 0.265. The lowest BCUT2D eigenvalue weighted by Gasteiger charge is -2.31. The van der Waals surface area contributed by atoms with Gasteiger partial charge in [0.25, 0.3) is 0 Å². The van der Waals surface area contributed by atoms with Gasteiger partial charge in [0, 0.05) is 0 Å². The Morgan fingerprint density at radius 1 is 0.686 bits per heavy atom. The van der Waals surface area contributed by atoms with Gasteiger partial charge in [-0.05, 0) is 113 Å². The second kappa shape index (κ2) is 11.0. The van der Waals surface area contributed by atoms with Crippen LogP contribution in [-0.2, 0) is 31.1 Å².